The molecule has 0 bridgehead atoms. The largest absolute Gasteiger partial charge is 0.387 e. The quantitative estimate of drug-likeness (QED) is 0.394. The van der Waals surface area contributed by atoms with Gasteiger partial charge in [0.1, 0.15) is 30.2 Å². The lowest BCUT2D eigenvalue weighted by atomic mass is 10.1. The van der Waals surface area contributed by atoms with E-state index in [1.54, 1.807) is 23.0 Å². The van der Waals surface area contributed by atoms with Crippen LogP contribution in [0.5, 0.6) is 0 Å². The molecule has 0 saturated carbocycles. The Kier molecular flexibility index (Phi) is 4.28. The van der Waals surface area contributed by atoms with E-state index in [-0.39, 0.29) is 6.61 Å². The molecule has 3 aromatic rings. The summed E-state index contributed by atoms with van der Waals surface area (Å²) in [4.78, 5) is 30.1. The van der Waals surface area contributed by atoms with Crippen LogP contribution in [0.1, 0.15) is 6.23 Å². The Hall–Kier alpha value is -1.92. The van der Waals surface area contributed by atoms with Crippen molar-refractivity contribution in [3.63, 3.8) is 0 Å². The summed E-state index contributed by atoms with van der Waals surface area (Å²) in [6.07, 6.45) is 1.13. The highest BCUT2D eigenvalue weighted by atomic mass is 31.2. The van der Waals surface area contributed by atoms with Gasteiger partial charge in [0.15, 0.2) is 11.9 Å². The molecule has 0 aliphatic carbocycles. The summed E-state index contributed by atoms with van der Waals surface area (Å²) in [6.45, 7) is -0.278. The molecule has 4 rings (SSSR count). The monoisotopic (exact) mass is 385 g/mol. The van der Waals surface area contributed by atoms with Gasteiger partial charge in [-0.05, 0) is 0 Å². The number of aliphatic hydroxyl groups is 2. The SMILES string of the molecule is O=P(O)(O)COC[C@H]1O[C@@H](n2cnc3nc4nccn4c3c2)[C@H](O)[C@@H]1O. The summed E-state index contributed by atoms with van der Waals surface area (Å²) < 4.78 is 24.5. The molecule has 0 amide bonds. The van der Waals surface area contributed by atoms with Gasteiger partial charge in [-0.3, -0.25) is 8.97 Å². The van der Waals surface area contributed by atoms with Gasteiger partial charge < -0.3 is 34.0 Å². The van der Waals surface area contributed by atoms with Crippen molar-refractivity contribution in [2.45, 2.75) is 24.5 Å². The second kappa shape index (κ2) is 6.35. The molecule has 0 unspecified atom stereocenters. The number of nitrogens with zero attached hydrogens (tertiary/aromatic N) is 5. The fourth-order valence-corrected chi connectivity index (χ4v) is 3.22. The zero-order valence-corrected chi connectivity index (χ0v) is 14.1. The first-order valence-electron chi connectivity index (χ1n) is 7.64. The minimum Gasteiger partial charge on any atom is -0.387 e. The van der Waals surface area contributed by atoms with Crippen molar-refractivity contribution in [1.29, 1.82) is 0 Å². The van der Waals surface area contributed by atoms with E-state index in [9.17, 15) is 14.8 Å². The van der Waals surface area contributed by atoms with Gasteiger partial charge in [-0.15, -0.1) is 0 Å². The lowest BCUT2D eigenvalue weighted by molar-refractivity contribution is -0.0630. The van der Waals surface area contributed by atoms with E-state index in [0.29, 0.717) is 16.9 Å². The Balaban J connectivity index is 1.55. The van der Waals surface area contributed by atoms with E-state index < -0.39 is 38.5 Å². The number of hydrogen-bond acceptors (Lipinski definition) is 8. The molecule has 4 N–H and O–H groups in total. The summed E-state index contributed by atoms with van der Waals surface area (Å²) >= 11 is 0. The van der Waals surface area contributed by atoms with Gasteiger partial charge >= 0.3 is 7.60 Å². The second-order valence-electron chi connectivity index (χ2n) is 5.95. The minimum absolute atomic E-state index is 0.278. The van der Waals surface area contributed by atoms with E-state index in [1.165, 1.54) is 10.9 Å². The first-order valence-corrected chi connectivity index (χ1v) is 9.43. The maximum atomic E-state index is 10.8. The number of fused-ring (bicyclic) bond motifs is 3. The van der Waals surface area contributed by atoms with Crippen LogP contribution in [0.3, 0.4) is 0 Å². The summed E-state index contributed by atoms with van der Waals surface area (Å²) in [7, 11) is -4.32. The molecule has 1 saturated heterocycles. The molecule has 12 nitrogen and oxygen atoms in total. The lowest BCUT2D eigenvalue weighted by Gasteiger charge is -2.18. The van der Waals surface area contributed by atoms with Crippen molar-refractivity contribution in [2.24, 2.45) is 0 Å². The van der Waals surface area contributed by atoms with Gasteiger partial charge in [-0.1, -0.05) is 0 Å². The van der Waals surface area contributed by atoms with Crippen LogP contribution in [-0.4, -0.2) is 75.2 Å². The molecule has 1 aliphatic heterocycles. The molecule has 4 heterocycles. The van der Waals surface area contributed by atoms with E-state index in [4.69, 9.17) is 19.3 Å². The molecular weight excluding hydrogens is 369 g/mol. The third-order valence-electron chi connectivity index (χ3n) is 4.07. The predicted molar refractivity (Wildman–Crippen MR) is 85.1 cm³/mol. The lowest BCUT2D eigenvalue weighted by Crippen LogP contribution is -2.34. The van der Waals surface area contributed by atoms with Crippen LogP contribution in [0.25, 0.3) is 16.9 Å². The zero-order valence-electron chi connectivity index (χ0n) is 13.2. The summed E-state index contributed by atoms with van der Waals surface area (Å²) in [6, 6.07) is 0. The summed E-state index contributed by atoms with van der Waals surface area (Å²) in [5.74, 6) is 0.488. The van der Waals surface area contributed by atoms with E-state index in [0.717, 1.165) is 0 Å². The maximum Gasteiger partial charge on any atom is 0.350 e. The second-order valence-corrected chi connectivity index (χ2v) is 7.54. The molecule has 140 valence electrons. The molecule has 0 radical (unpaired) electrons. The van der Waals surface area contributed by atoms with Crippen LogP contribution in [0, 0.1) is 0 Å². The normalized spacial score (nSPS) is 26.9. The van der Waals surface area contributed by atoms with Gasteiger partial charge in [-0.25, -0.2) is 9.97 Å². The molecule has 1 fully saturated rings. The highest BCUT2D eigenvalue weighted by Gasteiger charge is 2.43. The number of aliphatic hydroxyl groups excluding tert-OH is 2. The number of ether oxygens (including phenoxy) is 2. The van der Waals surface area contributed by atoms with Crippen molar-refractivity contribution in [3.8, 4) is 0 Å². The van der Waals surface area contributed by atoms with E-state index in [2.05, 4.69) is 15.0 Å². The smallest absolute Gasteiger partial charge is 0.350 e. The Morgan fingerprint density at radius 2 is 2.08 bits per heavy atom. The fourth-order valence-electron chi connectivity index (χ4n) is 2.88. The Morgan fingerprint density at radius 3 is 2.85 bits per heavy atom. The molecular formula is C13H16N5O7P. The van der Waals surface area contributed by atoms with Crippen molar-refractivity contribution >= 4 is 24.5 Å². The van der Waals surface area contributed by atoms with Gasteiger partial charge in [-0.2, -0.15) is 4.98 Å². The minimum atomic E-state index is -4.32. The van der Waals surface area contributed by atoms with Crippen LogP contribution in [0.2, 0.25) is 0 Å². The number of hydrogen-bond donors (Lipinski definition) is 4. The van der Waals surface area contributed by atoms with Crippen molar-refractivity contribution in [1.82, 2.24) is 23.9 Å². The topological polar surface area (TPSA) is 164 Å². The van der Waals surface area contributed by atoms with Crippen molar-refractivity contribution < 1.29 is 34.0 Å². The maximum absolute atomic E-state index is 10.8. The van der Waals surface area contributed by atoms with Gasteiger partial charge in [0.25, 0.3) is 0 Å². The molecule has 13 heteroatoms. The van der Waals surface area contributed by atoms with Gasteiger partial charge in [0, 0.05) is 18.6 Å². The van der Waals surface area contributed by atoms with Crippen molar-refractivity contribution in [2.75, 3.05) is 13.0 Å². The van der Waals surface area contributed by atoms with Gasteiger partial charge in [0.2, 0.25) is 5.78 Å². The van der Waals surface area contributed by atoms with E-state index in [1.807, 2.05) is 0 Å². The zero-order chi connectivity index (χ0) is 18.5. The summed E-state index contributed by atoms with van der Waals surface area (Å²) in [5.41, 5.74) is 1.12. The Morgan fingerprint density at radius 1 is 1.27 bits per heavy atom. The molecule has 0 aromatic carbocycles. The van der Waals surface area contributed by atoms with Crippen LogP contribution in [0.15, 0.2) is 24.9 Å². The number of imidazole rings is 2. The first-order chi connectivity index (χ1) is 12.3. The Labute approximate surface area is 145 Å². The first kappa shape index (κ1) is 17.5. The third-order valence-corrected chi connectivity index (χ3v) is 4.59. The Bertz CT molecular complexity index is 984. The highest BCUT2D eigenvalue weighted by Crippen LogP contribution is 2.35. The van der Waals surface area contributed by atoms with Gasteiger partial charge in [0.05, 0.1) is 12.9 Å². The molecule has 3 aromatic heterocycles. The number of rotatable bonds is 5. The third kappa shape index (κ3) is 3.12. The van der Waals surface area contributed by atoms with Crippen LogP contribution in [0.4, 0.5) is 0 Å². The predicted octanol–water partition coefficient (Wildman–Crippen LogP) is -1.15. The molecule has 26 heavy (non-hydrogen) atoms. The average Bonchev–Trinajstić information content (AvgIpc) is 3.23. The van der Waals surface area contributed by atoms with Crippen LogP contribution in [-0.2, 0) is 14.0 Å². The van der Waals surface area contributed by atoms with Crippen LogP contribution >= 0.6 is 7.60 Å². The van der Waals surface area contributed by atoms with Crippen LogP contribution < -0.4 is 0 Å². The number of aromatic nitrogens is 5. The molecule has 1 aliphatic rings. The van der Waals surface area contributed by atoms with E-state index >= 15 is 0 Å². The average molecular weight is 385 g/mol. The molecule has 0 spiro atoms. The van der Waals surface area contributed by atoms with Crippen molar-refractivity contribution in [3.05, 3.63) is 24.9 Å². The highest BCUT2D eigenvalue weighted by molar-refractivity contribution is 7.51. The molecule has 4 atom stereocenters. The standard InChI is InChI=1S/C13H16N5O7P/c19-9-8(4-24-6-26(21,22)23)25-12(10(9)20)17-3-7-11(15-5-17)16-13-14-1-2-18(7)13/h1-3,5,8-10,12,19-20H,4,6H2,(H2,21,22,23)/t8-,9-,10-,12-/m1/s1. The fraction of sp³-hybridized carbons (Fsp3) is 0.462. The summed E-state index contributed by atoms with van der Waals surface area (Å²) in [5, 5.41) is 20.4.